The van der Waals surface area contributed by atoms with E-state index in [1.54, 1.807) is 13.0 Å². The van der Waals surface area contributed by atoms with Crippen LogP contribution in [0.25, 0.3) is 10.8 Å². The predicted molar refractivity (Wildman–Crippen MR) is 87.5 cm³/mol. The van der Waals surface area contributed by atoms with E-state index in [1.807, 2.05) is 24.3 Å². The quantitative estimate of drug-likeness (QED) is 0.515. The predicted octanol–water partition coefficient (Wildman–Crippen LogP) is 5.92. The summed E-state index contributed by atoms with van der Waals surface area (Å²) in [4.78, 5) is 0. The Balaban J connectivity index is 2.15. The highest BCUT2D eigenvalue weighted by molar-refractivity contribution is 6.23. The maximum atomic E-state index is 13.8. The van der Waals surface area contributed by atoms with Gasteiger partial charge in [-0.05, 0) is 52.9 Å². The molecule has 21 heavy (non-hydrogen) atoms. The van der Waals surface area contributed by atoms with Crippen molar-refractivity contribution in [2.24, 2.45) is 0 Å². The Morgan fingerprint density at radius 1 is 0.857 bits per heavy atom. The number of rotatable bonds is 2. The van der Waals surface area contributed by atoms with Crippen LogP contribution in [0.2, 0.25) is 0 Å². The molecule has 0 saturated heterocycles. The minimum absolute atomic E-state index is 0.213. The lowest BCUT2D eigenvalue weighted by atomic mass is 9.95. The SMILES string of the molecule is Cc1ccc(C(Cl)c2ccc(C)c3ccccc23)cc1F. The Hall–Kier alpha value is -1.86. The molecule has 3 aromatic carbocycles. The van der Waals surface area contributed by atoms with Gasteiger partial charge in [-0.2, -0.15) is 0 Å². The van der Waals surface area contributed by atoms with Crippen LogP contribution >= 0.6 is 11.6 Å². The molecule has 0 heterocycles. The molecule has 0 fully saturated rings. The van der Waals surface area contributed by atoms with Gasteiger partial charge in [0, 0.05) is 0 Å². The molecular weight excluding hydrogens is 283 g/mol. The van der Waals surface area contributed by atoms with Crippen LogP contribution in [0.15, 0.2) is 54.6 Å². The third kappa shape index (κ3) is 2.54. The minimum atomic E-state index is -0.356. The summed E-state index contributed by atoms with van der Waals surface area (Å²) in [5.41, 5.74) is 3.65. The fourth-order valence-corrected chi connectivity index (χ4v) is 2.97. The largest absolute Gasteiger partial charge is 0.207 e. The van der Waals surface area contributed by atoms with E-state index in [2.05, 4.69) is 25.1 Å². The van der Waals surface area contributed by atoms with Crippen LogP contribution in [0.1, 0.15) is 27.6 Å². The van der Waals surface area contributed by atoms with Crippen molar-refractivity contribution in [3.8, 4) is 0 Å². The zero-order valence-corrected chi connectivity index (χ0v) is 12.8. The highest BCUT2D eigenvalue weighted by Crippen LogP contribution is 2.35. The molecule has 0 aromatic heterocycles. The van der Waals surface area contributed by atoms with Gasteiger partial charge in [-0.25, -0.2) is 4.39 Å². The summed E-state index contributed by atoms with van der Waals surface area (Å²) in [6.45, 7) is 3.84. The first kappa shape index (κ1) is 14.1. The number of halogens is 2. The van der Waals surface area contributed by atoms with Crippen molar-refractivity contribution in [2.45, 2.75) is 19.2 Å². The van der Waals surface area contributed by atoms with Gasteiger partial charge < -0.3 is 0 Å². The van der Waals surface area contributed by atoms with Gasteiger partial charge in [-0.3, -0.25) is 0 Å². The molecule has 0 aliphatic heterocycles. The van der Waals surface area contributed by atoms with Gasteiger partial charge in [0.15, 0.2) is 0 Å². The second-order valence-electron chi connectivity index (χ2n) is 5.39. The van der Waals surface area contributed by atoms with Crippen LogP contribution < -0.4 is 0 Å². The van der Waals surface area contributed by atoms with Gasteiger partial charge in [0.25, 0.3) is 0 Å². The van der Waals surface area contributed by atoms with Crippen molar-refractivity contribution in [1.82, 2.24) is 0 Å². The number of hydrogen-bond acceptors (Lipinski definition) is 0. The zero-order valence-electron chi connectivity index (χ0n) is 12.0. The number of aryl methyl sites for hydroxylation is 2. The van der Waals surface area contributed by atoms with Crippen LogP contribution in [0.3, 0.4) is 0 Å². The molecule has 0 saturated carbocycles. The second-order valence-corrected chi connectivity index (χ2v) is 5.82. The molecule has 0 N–H and O–H groups in total. The van der Waals surface area contributed by atoms with E-state index in [9.17, 15) is 4.39 Å². The monoisotopic (exact) mass is 298 g/mol. The van der Waals surface area contributed by atoms with Gasteiger partial charge in [-0.15, -0.1) is 11.6 Å². The molecule has 0 aliphatic carbocycles. The summed E-state index contributed by atoms with van der Waals surface area (Å²) in [5, 5.41) is 1.96. The third-order valence-corrected chi connectivity index (χ3v) is 4.42. The summed E-state index contributed by atoms with van der Waals surface area (Å²) in [6.07, 6.45) is 0. The van der Waals surface area contributed by atoms with Crippen molar-refractivity contribution < 1.29 is 4.39 Å². The topological polar surface area (TPSA) is 0 Å². The van der Waals surface area contributed by atoms with E-state index in [1.165, 1.54) is 17.0 Å². The Kier molecular flexibility index (Phi) is 3.69. The Labute approximate surface area is 129 Å². The minimum Gasteiger partial charge on any atom is -0.207 e. The first-order valence-electron chi connectivity index (χ1n) is 6.96. The van der Waals surface area contributed by atoms with Crippen LogP contribution in [0, 0.1) is 19.7 Å². The van der Waals surface area contributed by atoms with E-state index in [0.29, 0.717) is 5.56 Å². The van der Waals surface area contributed by atoms with Gasteiger partial charge in [0.05, 0.1) is 5.38 Å². The van der Waals surface area contributed by atoms with Crippen molar-refractivity contribution in [3.63, 3.8) is 0 Å². The van der Waals surface area contributed by atoms with E-state index in [-0.39, 0.29) is 11.2 Å². The summed E-state index contributed by atoms with van der Waals surface area (Å²) in [7, 11) is 0. The summed E-state index contributed by atoms with van der Waals surface area (Å²) in [5.74, 6) is -0.213. The number of benzene rings is 3. The van der Waals surface area contributed by atoms with Crippen LogP contribution in [0.5, 0.6) is 0 Å². The highest BCUT2D eigenvalue weighted by atomic mass is 35.5. The van der Waals surface area contributed by atoms with Gasteiger partial charge in [0.1, 0.15) is 5.82 Å². The molecule has 1 unspecified atom stereocenters. The third-order valence-electron chi connectivity index (χ3n) is 3.94. The number of alkyl halides is 1. The first-order valence-corrected chi connectivity index (χ1v) is 7.40. The smallest absolute Gasteiger partial charge is 0.126 e. The molecule has 2 heteroatoms. The van der Waals surface area contributed by atoms with E-state index in [4.69, 9.17) is 11.6 Å². The first-order chi connectivity index (χ1) is 10.1. The molecule has 0 spiro atoms. The molecule has 0 aliphatic rings. The Morgan fingerprint density at radius 3 is 2.24 bits per heavy atom. The Morgan fingerprint density at radius 2 is 1.52 bits per heavy atom. The molecule has 0 radical (unpaired) electrons. The van der Waals surface area contributed by atoms with Gasteiger partial charge in [-0.1, -0.05) is 48.5 Å². The molecule has 0 bridgehead atoms. The molecule has 3 rings (SSSR count). The Bertz CT molecular complexity index is 808. The average molecular weight is 299 g/mol. The lowest BCUT2D eigenvalue weighted by molar-refractivity contribution is 0.616. The van der Waals surface area contributed by atoms with E-state index in [0.717, 1.165) is 16.5 Å². The molecular formula is C19H16ClF. The van der Waals surface area contributed by atoms with E-state index >= 15 is 0 Å². The summed E-state index contributed by atoms with van der Waals surface area (Å²) >= 11 is 6.62. The molecule has 106 valence electrons. The van der Waals surface area contributed by atoms with Gasteiger partial charge in [0.2, 0.25) is 0 Å². The van der Waals surface area contributed by atoms with Crippen molar-refractivity contribution >= 4 is 22.4 Å². The lowest BCUT2D eigenvalue weighted by Crippen LogP contribution is -1.97. The normalized spacial score (nSPS) is 12.6. The summed E-state index contributed by atoms with van der Waals surface area (Å²) < 4.78 is 13.8. The standard InChI is InChI=1S/C19H16ClF/c1-12-8-10-17(16-6-4-3-5-15(12)16)19(20)14-9-7-13(2)18(21)11-14/h3-11,19H,1-2H3. The number of hydrogen-bond donors (Lipinski definition) is 0. The van der Waals surface area contributed by atoms with Crippen molar-refractivity contribution in [2.75, 3.05) is 0 Å². The molecule has 0 nitrogen and oxygen atoms in total. The van der Waals surface area contributed by atoms with Gasteiger partial charge >= 0.3 is 0 Å². The second kappa shape index (κ2) is 5.50. The maximum Gasteiger partial charge on any atom is 0.126 e. The fourth-order valence-electron chi connectivity index (χ4n) is 2.64. The van der Waals surface area contributed by atoms with Crippen molar-refractivity contribution in [3.05, 3.63) is 82.7 Å². The number of fused-ring (bicyclic) bond motifs is 1. The van der Waals surface area contributed by atoms with Crippen molar-refractivity contribution in [1.29, 1.82) is 0 Å². The highest BCUT2D eigenvalue weighted by Gasteiger charge is 2.15. The summed E-state index contributed by atoms with van der Waals surface area (Å²) in [6, 6.07) is 17.5. The zero-order chi connectivity index (χ0) is 15.0. The van der Waals surface area contributed by atoms with E-state index < -0.39 is 0 Å². The van der Waals surface area contributed by atoms with Crippen LogP contribution in [-0.2, 0) is 0 Å². The van der Waals surface area contributed by atoms with Crippen LogP contribution in [0.4, 0.5) is 4.39 Å². The molecule has 0 amide bonds. The lowest BCUT2D eigenvalue weighted by Gasteiger charge is -2.15. The fraction of sp³-hybridized carbons (Fsp3) is 0.158. The molecule has 3 aromatic rings. The molecule has 1 atom stereocenters. The average Bonchev–Trinajstić information content (AvgIpc) is 2.50. The van der Waals surface area contributed by atoms with Crippen LogP contribution in [-0.4, -0.2) is 0 Å². The maximum absolute atomic E-state index is 13.8.